The maximum absolute atomic E-state index is 13.5. The largest absolute Gasteiger partial charge is 0.290 e. The molecule has 2 aromatic rings. The highest BCUT2D eigenvalue weighted by Gasteiger charge is 2.27. The Bertz CT molecular complexity index is 591. The van der Waals surface area contributed by atoms with E-state index in [1.807, 2.05) is 12.3 Å². The van der Waals surface area contributed by atoms with Crippen LogP contribution in [0, 0.1) is 5.82 Å². The molecule has 1 atom stereocenters. The van der Waals surface area contributed by atoms with Crippen LogP contribution >= 0.6 is 11.6 Å². The Morgan fingerprint density at radius 2 is 2.25 bits per heavy atom. The van der Waals surface area contributed by atoms with Crippen molar-refractivity contribution in [2.75, 3.05) is 6.54 Å². The molecule has 104 valence electrons. The van der Waals surface area contributed by atoms with Crippen molar-refractivity contribution in [1.82, 2.24) is 14.9 Å². The molecule has 2 heterocycles. The third-order valence-electron chi connectivity index (χ3n) is 3.66. The fourth-order valence-corrected chi connectivity index (χ4v) is 2.82. The van der Waals surface area contributed by atoms with Crippen LogP contribution in [0.2, 0.25) is 5.02 Å². The maximum Gasteiger partial charge on any atom is 0.142 e. The van der Waals surface area contributed by atoms with Crippen LogP contribution in [0.5, 0.6) is 0 Å². The normalized spacial score (nSPS) is 19.4. The van der Waals surface area contributed by atoms with Crippen LogP contribution in [-0.2, 0) is 6.54 Å². The van der Waals surface area contributed by atoms with E-state index in [1.165, 1.54) is 6.07 Å². The summed E-state index contributed by atoms with van der Waals surface area (Å²) in [6.07, 6.45) is 7.39. The summed E-state index contributed by atoms with van der Waals surface area (Å²) in [6.45, 7) is 1.70. The fraction of sp³-hybridized carbons (Fsp3) is 0.333. The second-order valence-electron chi connectivity index (χ2n) is 5.01. The number of hydrogen-bond donors (Lipinski definition) is 0. The number of aromatic nitrogens is 2. The molecule has 1 aliphatic heterocycles. The lowest BCUT2D eigenvalue weighted by Gasteiger charge is -2.23. The summed E-state index contributed by atoms with van der Waals surface area (Å²) in [6, 6.07) is 5.26. The molecule has 0 N–H and O–H groups in total. The van der Waals surface area contributed by atoms with Crippen molar-refractivity contribution in [1.29, 1.82) is 0 Å². The predicted molar refractivity (Wildman–Crippen MR) is 75.8 cm³/mol. The summed E-state index contributed by atoms with van der Waals surface area (Å²) in [7, 11) is 0. The Balaban J connectivity index is 1.77. The molecular formula is C15H15ClFN3. The van der Waals surface area contributed by atoms with Gasteiger partial charge in [-0.1, -0.05) is 17.7 Å². The number of nitrogens with zero attached hydrogens (tertiary/aromatic N) is 3. The van der Waals surface area contributed by atoms with Crippen LogP contribution in [0.25, 0.3) is 0 Å². The van der Waals surface area contributed by atoms with Crippen molar-refractivity contribution in [2.24, 2.45) is 0 Å². The number of benzene rings is 1. The minimum atomic E-state index is -0.362. The summed E-state index contributed by atoms with van der Waals surface area (Å²) in [5.41, 5.74) is 1.92. The van der Waals surface area contributed by atoms with E-state index < -0.39 is 0 Å². The second-order valence-corrected chi connectivity index (χ2v) is 5.41. The first-order chi connectivity index (χ1) is 9.74. The molecule has 0 aliphatic carbocycles. The van der Waals surface area contributed by atoms with E-state index in [2.05, 4.69) is 14.9 Å². The Morgan fingerprint density at radius 1 is 1.35 bits per heavy atom. The van der Waals surface area contributed by atoms with E-state index in [0.717, 1.165) is 30.6 Å². The quantitative estimate of drug-likeness (QED) is 0.865. The molecule has 0 unspecified atom stereocenters. The van der Waals surface area contributed by atoms with Gasteiger partial charge in [0.05, 0.1) is 16.8 Å². The smallest absolute Gasteiger partial charge is 0.142 e. The van der Waals surface area contributed by atoms with E-state index in [1.54, 1.807) is 18.5 Å². The van der Waals surface area contributed by atoms with Gasteiger partial charge in [0.2, 0.25) is 0 Å². The first-order valence-corrected chi connectivity index (χ1v) is 7.06. The molecule has 20 heavy (non-hydrogen) atoms. The van der Waals surface area contributed by atoms with E-state index in [4.69, 9.17) is 11.6 Å². The van der Waals surface area contributed by atoms with E-state index >= 15 is 0 Å². The zero-order valence-electron chi connectivity index (χ0n) is 11.0. The van der Waals surface area contributed by atoms with Gasteiger partial charge in [-0.3, -0.25) is 14.9 Å². The molecule has 0 bridgehead atoms. The molecule has 1 aliphatic rings. The van der Waals surface area contributed by atoms with Gasteiger partial charge in [-0.05, 0) is 37.1 Å². The average Bonchev–Trinajstić information content (AvgIpc) is 2.92. The Hall–Kier alpha value is -1.52. The number of rotatable bonds is 3. The maximum atomic E-state index is 13.5. The van der Waals surface area contributed by atoms with Crippen molar-refractivity contribution >= 4 is 11.6 Å². The van der Waals surface area contributed by atoms with Gasteiger partial charge >= 0.3 is 0 Å². The monoisotopic (exact) mass is 291 g/mol. The molecule has 1 fully saturated rings. The summed E-state index contributed by atoms with van der Waals surface area (Å²) < 4.78 is 13.5. The summed E-state index contributed by atoms with van der Waals surface area (Å²) in [5.74, 6) is -0.362. The molecule has 0 amide bonds. The highest BCUT2D eigenvalue weighted by Crippen LogP contribution is 2.31. The van der Waals surface area contributed by atoms with Crippen molar-refractivity contribution < 1.29 is 4.39 Å². The third-order valence-corrected chi connectivity index (χ3v) is 3.96. The zero-order valence-corrected chi connectivity index (χ0v) is 11.7. The van der Waals surface area contributed by atoms with E-state index in [0.29, 0.717) is 6.54 Å². The van der Waals surface area contributed by atoms with Crippen molar-refractivity contribution in [3.63, 3.8) is 0 Å². The first-order valence-electron chi connectivity index (χ1n) is 6.68. The van der Waals surface area contributed by atoms with Crippen LogP contribution in [0.15, 0.2) is 36.8 Å². The van der Waals surface area contributed by atoms with Gasteiger partial charge in [-0.25, -0.2) is 4.39 Å². The molecule has 3 rings (SSSR count). The fourth-order valence-electron chi connectivity index (χ4n) is 2.71. The number of halogens is 2. The molecule has 1 aromatic heterocycles. The summed E-state index contributed by atoms with van der Waals surface area (Å²) in [5, 5.41) is 0.167. The van der Waals surface area contributed by atoms with E-state index in [9.17, 15) is 4.39 Å². The van der Waals surface area contributed by atoms with Gasteiger partial charge < -0.3 is 0 Å². The van der Waals surface area contributed by atoms with Gasteiger partial charge in [0.1, 0.15) is 5.82 Å². The molecule has 0 radical (unpaired) electrons. The SMILES string of the molecule is Fc1cc(CN2CCC[C@H]2c2cnccn2)ccc1Cl. The molecular weight excluding hydrogens is 277 g/mol. The van der Waals surface area contributed by atoms with E-state index in [-0.39, 0.29) is 16.9 Å². The minimum absolute atomic E-state index is 0.167. The molecule has 1 saturated heterocycles. The lowest BCUT2D eigenvalue weighted by Crippen LogP contribution is -2.23. The second kappa shape index (κ2) is 5.85. The predicted octanol–water partition coefficient (Wildman–Crippen LogP) is 3.61. The molecule has 0 spiro atoms. The van der Waals surface area contributed by atoms with Crippen molar-refractivity contribution in [3.8, 4) is 0 Å². The van der Waals surface area contributed by atoms with Crippen LogP contribution in [0.4, 0.5) is 4.39 Å². The Morgan fingerprint density at radius 3 is 3.00 bits per heavy atom. The van der Waals surface area contributed by atoms with Gasteiger partial charge in [0, 0.05) is 25.1 Å². The lowest BCUT2D eigenvalue weighted by atomic mass is 10.1. The Kier molecular flexibility index (Phi) is 3.94. The summed E-state index contributed by atoms with van der Waals surface area (Å²) >= 11 is 5.71. The van der Waals surface area contributed by atoms with Crippen LogP contribution in [0.1, 0.15) is 30.1 Å². The van der Waals surface area contributed by atoms with Gasteiger partial charge in [-0.2, -0.15) is 0 Å². The van der Waals surface area contributed by atoms with Crippen molar-refractivity contribution in [3.05, 3.63) is 58.9 Å². The molecule has 1 aromatic carbocycles. The molecule has 5 heteroatoms. The van der Waals surface area contributed by atoms with Gasteiger partial charge in [0.25, 0.3) is 0 Å². The lowest BCUT2D eigenvalue weighted by molar-refractivity contribution is 0.243. The highest BCUT2D eigenvalue weighted by atomic mass is 35.5. The zero-order chi connectivity index (χ0) is 13.9. The third kappa shape index (κ3) is 2.81. The molecule has 3 nitrogen and oxygen atoms in total. The standard InChI is InChI=1S/C15H15ClFN3/c16-12-4-3-11(8-13(12)17)10-20-7-1-2-15(20)14-9-18-5-6-19-14/h3-6,8-9,15H,1-2,7,10H2/t15-/m0/s1. The highest BCUT2D eigenvalue weighted by molar-refractivity contribution is 6.30. The minimum Gasteiger partial charge on any atom is -0.290 e. The van der Waals surface area contributed by atoms with Crippen LogP contribution < -0.4 is 0 Å². The first kappa shape index (κ1) is 13.5. The summed E-state index contributed by atoms with van der Waals surface area (Å²) in [4.78, 5) is 10.8. The van der Waals surface area contributed by atoms with Gasteiger partial charge in [-0.15, -0.1) is 0 Å². The Labute approximate surface area is 122 Å². The van der Waals surface area contributed by atoms with Crippen molar-refractivity contribution in [2.45, 2.75) is 25.4 Å². The number of hydrogen-bond acceptors (Lipinski definition) is 3. The van der Waals surface area contributed by atoms with Gasteiger partial charge in [0.15, 0.2) is 0 Å². The topological polar surface area (TPSA) is 29.0 Å². The average molecular weight is 292 g/mol. The number of likely N-dealkylation sites (tertiary alicyclic amines) is 1. The molecule has 0 saturated carbocycles. The van der Waals surface area contributed by atoms with Crippen LogP contribution in [-0.4, -0.2) is 21.4 Å². The van der Waals surface area contributed by atoms with Crippen LogP contribution in [0.3, 0.4) is 0 Å².